The van der Waals surface area contributed by atoms with Crippen LogP contribution in [0.1, 0.15) is 16.7 Å². The third kappa shape index (κ3) is 5.56. The molecule has 0 aliphatic carbocycles. The summed E-state index contributed by atoms with van der Waals surface area (Å²) in [5, 5.41) is 17.7. The van der Waals surface area contributed by atoms with Crippen molar-refractivity contribution in [3.8, 4) is 0 Å². The molecule has 142 valence electrons. The van der Waals surface area contributed by atoms with Gasteiger partial charge < -0.3 is 15.2 Å². The van der Waals surface area contributed by atoms with Gasteiger partial charge in [0.05, 0.1) is 17.5 Å². The number of carbonyl (C=O) groups excluding carboxylic acids is 2. The summed E-state index contributed by atoms with van der Waals surface area (Å²) in [7, 11) is 0. The molecule has 0 atom stereocenters. The van der Waals surface area contributed by atoms with Gasteiger partial charge in [-0.3, -0.25) is 10.2 Å². The first-order chi connectivity index (χ1) is 13.6. The second-order valence-corrected chi connectivity index (χ2v) is 5.80. The van der Waals surface area contributed by atoms with E-state index < -0.39 is 11.7 Å². The monoisotopic (exact) mass is 377 g/mol. The first kappa shape index (κ1) is 20.4. The van der Waals surface area contributed by atoms with Crippen LogP contribution in [0.15, 0.2) is 66.9 Å². The number of nitrogens with two attached hydrogens (primary N) is 1. The molecule has 0 aliphatic heterocycles. The Morgan fingerprint density at radius 1 is 1.21 bits per heavy atom. The zero-order chi connectivity index (χ0) is 20.4. The van der Waals surface area contributed by atoms with E-state index in [1.165, 1.54) is 24.5 Å². The summed E-state index contributed by atoms with van der Waals surface area (Å²) in [5.41, 5.74) is 2.87. The van der Waals surface area contributed by atoms with Crippen LogP contribution in [0.2, 0.25) is 0 Å². The Bertz CT molecular complexity index is 956. The molecule has 2 aromatic rings. The van der Waals surface area contributed by atoms with Gasteiger partial charge in [0.15, 0.2) is 18.8 Å². The van der Waals surface area contributed by atoms with Crippen LogP contribution in [0, 0.1) is 6.92 Å². The Balaban J connectivity index is 2.12. The molecule has 0 unspecified atom stereocenters. The molecule has 6 nitrogen and oxygen atoms in total. The average Bonchev–Trinajstić information content (AvgIpc) is 2.72. The predicted octanol–water partition coefficient (Wildman–Crippen LogP) is 2.11. The van der Waals surface area contributed by atoms with Crippen LogP contribution >= 0.6 is 0 Å². The van der Waals surface area contributed by atoms with Gasteiger partial charge in [-0.05, 0) is 30.2 Å². The minimum Gasteiger partial charge on any atom is -0.498 e. The van der Waals surface area contributed by atoms with Crippen molar-refractivity contribution in [2.75, 3.05) is 11.9 Å². The molecule has 0 spiro atoms. The molecule has 6 heteroatoms. The summed E-state index contributed by atoms with van der Waals surface area (Å²) in [6.45, 7) is 1.50. The molecule has 0 saturated heterocycles. The number of hydrogen-bond donors (Lipinski definition) is 3. The highest BCUT2D eigenvalue weighted by Crippen LogP contribution is 2.24. The standard InChI is InChI=1S/C22H20N2O4/c1-16-7-5-11-19(20(26)13-25)22(16)24-21(27)15-28-14-18(10-6-12-23)17-8-3-2-4-9-17/h2-12,14,23,26H,15H2,1H3,(H,24,27)/p+1/b10-6-,18-14+,23-12?. The van der Waals surface area contributed by atoms with Crippen molar-refractivity contribution in [3.63, 3.8) is 0 Å². The van der Waals surface area contributed by atoms with Crippen molar-refractivity contribution in [3.05, 3.63) is 83.6 Å². The maximum absolute atomic E-state index is 12.3. The van der Waals surface area contributed by atoms with Crippen LogP contribution in [0.25, 0.3) is 11.3 Å². The molecule has 0 radical (unpaired) electrons. The maximum atomic E-state index is 12.3. The zero-order valence-electron chi connectivity index (χ0n) is 15.4. The topological polar surface area (TPSA) is 101 Å². The summed E-state index contributed by atoms with van der Waals surface area (Å²) < 4.78 is 5.42. The molecule has 2 rings (SSSR count). The van der Waals surface area contributed by atoms with E-state index in [2.05, 4.69) is 5.32 Å². The number of para-hydroxylation sites is 1. The second kappa shape index (κ2) is 10.3. The minimum atomic E-state index is -0.575. The molecule has 2 aromatic carbocycles. The number of aryl methyl sites for hydroxylation is 1. The van der Waals surface area contributed by atoms with Crippen LogP contribution in [0.5, 0.6) is 0 Å². The van der Waals surface area contributed by atoms with Crippen LogP contribution in [-0.4, -0.2) is 29.8 Å². The van der Waals surface area contributed by atoms with E-state index >= 15 is 0 Å². The van der Waals surface area contributed by atoms with E-state index in [0.717, 1.165) is 11.1 Å². The number of hydrogen-bond acceptors (Lipinski definition) is 4. The second-order valence-electron chi connectivity index (χ2n) is 5.80. The van der Waals surface area contributed by atoms with Gasteiger partial charge in [-0.15, -0.1) is 0 Å². The van der Waals surface area contributed by atoms with E-state index in [1.807, 2.05) is 30.3 Å². The molecular weight excluding hydrogens is 356 g/mol. The lowest BCUT2D eigenvalue weighted by Crippen LogP contribution is -2.28. The van der Waals surface area contributed by atoms with Crippen molar-refractivity contribution in [2.24, 2.45) is 0 Å². The first-order valence-corrected chi connectivity index (χ1v) is 8.49. The normalized spacial score (nSPS) is 11.0. The van der Waals surface area contributed by atoms with Crippen molar-refractivity contribution in [2.45, 2.75) is 6.92 Å². The Morgan fingerprint density at radius 2 is 1.96 bits per heavy atom. The molecule has 1 amide bonds. The van der Waals surface area contributed by atoms with Gasteiger partial charge in [-0.1, -0.05) is 42.5 Å². The first-order valence-electron chi connectivity index (χ1n) is 8.49. The molecule has 0 bridgehead atoms. The maximum Gasteiger partial charge on any atom is 0.262 e. The molecule has 0 fully saturated rings. The smallest absolute Gasteiger partial charge is 0.262 e. The lowest BCUT2D eigenvalue weighted by atomic mass is 10.1. The SMILES string of the molecule is Cc1cccc(C(O)=C=O)c1NC(=O)CO/C=C(\C=C/C=[NH2+])c1ccccc1. The number of carbonyl (C=O) groups is 1. The Labute approximate surface area is 163 Å². The average molecular weight is 377 g/mol. The number of anilines is 1. The fraction of sp³-hybridized carbons (Fsp3) is 0.0909. The van der Waals surface area contributed by atoms with Crippen molar-refractivity contribution >= 4 is 35.1 Å². The molecule has 4 N–H and O–H groups in total. The van der Waals surface area contributed by atoms with E-state index in [9.17, 15) is 14.7 Å². The summed E-state index contributed by atoms with van der Waals surface area (Å²) >= 11 is 0. The highest BCUT2D eigenvalue weighted by molar-refractivity contribution is 5.98. The largest absolute Gasteiger partial charge is 0.498 e. The van der Waals surface area contributed by atoms with Gasteiger partial charge in [0.25, 0.3) is 5.91 Å². The number of nitrogens with one attached hydrogen (secondary N) is 1. The Kier molecular flexibility index (Phi) is 7.52. The third-order valence-corrected chi connectivity index (χ3v) is 3.81. The number of aliphatic hydroxyl groups is 1. The zero-order valence-corrected chi connectivity index (χ0v) is 15.4. The molecular formula is C22H21N2O4+. The fourth-order valence-corrected chi connectivity index (χ4v) is 2.46. The van der Waals surface area contributed by atoms with Crippen molar-refractivity contribution in [1.29, 1.82) is 0 Å². The van der Waals surface area contributed by atoms with Crippen LogP contribution in [0.4, 0.5) is 5.69 Å². The van der Waals surface area contributed by atoms with E-state index in [1.54, 1.807) is 31.2 Å². The van der Waals surface area contributed by atoms with Crippen LogP contribution in [0.3, 0.4) is 0 Å². The van der Waals surface area contributed by atoms with Gasteiger partial charge in [0.2, 0.25) is 5.76 Å². The fourth-order valence-electron chi connectivity index (χ4n) is 2.46. The Hall–Kier alpha value is -3.89. The number of ether oxygens (including phenoxy) is 1. The van der Waals surface area contributed by atoms with Gasteiger partial charge in [0, 0.05) is 11.6 Å². The van der Waals surface area contributed by atoms with Crippen LogP contribution < -0.4 is 10.7 Å². The number of benzene rings is 2. The van der Waals surface area contributed by atoms with Crippen molar-refractivity contribution < 1.29 is 24.8 Å². The molecule has 0 aliphatic rings. The van der Waals surface area contributed by atoms with Gasteiger partial charge in [-0.2, -0.15) is 0 Å². The van der Waals surface area contributed by atoms with E-state index in [-0.39, 0.29) is 12.2 Å². The quantitative estimate of drug-likeness (QED) is 0.284. The number of amides is 1. The van der Waals surface area contributed by atoms with Gasteiger partial charge >= 0.3 is 0 Å². The van der Waals surface area contributed by atoms with Gasteiger partial charge in [0.1, 0.15) is 0 Å². The molecule has 0 heterocycles. The van der Waals surface area contributed by atoms with Gasteiger partial charge in [-0.25, -0.2) is 4.79 Å². The summed E-state index contributed by atoms with van der Waals surface area (Å²) in [4.78, 5) is 23.0. The molecule has 0 saturated carbocycles. The number of aliphatic hydroxyl groups excluding tert-OH is 1. The minimum absolute atomic E-state index is 0.199. The summed E-state index contributed by atoms with van der Waals surface area (Å²) in [5.74, 6) is 0.415. The molecule has 28 heavy (non-hydrogen) atoms. The summed E-state index contributed by atoms with van der Waals surface area (Å²) in [6.07, 6.45) is 6.29. The lowest BCUT2D eigenvalue weighted by Gasteiger charge is -2.12. The van der Waals surface area contributed by atoms with Crippen molar-refractivity contribution in [1.82, 2.24) is 0 Å². The number of allylic oxidation sites excluding steroid dienone is 3. The van der Waals surface area contributed by atoms with Crippen LogP contribution in [-0.2, 0) is 14.3 Å². The highest BCUT2D eigenvalue weighted by Gasteiger charge is 2.13. The predicted molar refractivity (Wildman–Crippen MR) is 109 cm³/mol. The lowest BCUT2D eigenvalue weighted by molar-refractivity contribution is -0.119. The number of rotatable bonds is 8. The third-order valence-electron chi connectivity index (χ3n) is 3.81. The van der Waals surface area contributed by atoms with E-state index in [4.69, 9.17) is 10.1 Å². The summed E-state index contributed by atoms with van der Waals surface area (Å²) in [6, 6.07) is 14.4. The highest BCUT2D eigenvalue weighted by atomic mass is 16.5. The van der Waals surface area contributed by atoms with E-state index in [0.29, 0.717) is 11.3 Å². The Morgan fingerprint density at radius 3 is 2.64 bits per heavy atom. The molecule has 0 aromatic heterocycles.